The molecular formula is C17H21BrN2O2. The molecule has 0 radical (unpaired) electrons. The van der Waals surface area contributed by atoms with Gasteiger partial charge in [0.15, 0.2) is 0 Å². The second kappa shape index (κ2) is 9.46. The number of nitrogens with one attached hydrogen (secondary N) is 2. The van der Waals surface area contributed by atoms with E-state index in [9.17, 15) is 0 Å². The van der Waals surface area contributed by atoms with Crippen LogP contribution in [0.25, 0.3) is 0 Å². The highest BCUT2D eigenvalue weighted by atomic mass is 79.9. The maximum absolute atomic E-state index is 5.78. The van der Waals surface area contributed by atoms with Gasteiger partial charge in [-0.15, -0.1) is 0 Å². The highest BCUT2D eigenvalue weighted by Gasteiger charge is 2.05. The Morgan fingerprint density at radius 1 is 1.05 bits per heavy atom. The van der Waals surface area contributed by atoms with E-state index in [0.29, 0.717) is 26.4 Å². The summed E-state index contributed by atoms with van der Waals surface area (Å²) in [6.45, 7) is 4.48. The summed E-state index contributed by atoms with van der Waals surface area (Å²) in [6, 6.07) is 16.0. The normalized spacial score (nSPS) is 10.5. The molecule has 2 rings (SSSR count). The molecule has 4 nitrogen and oxygen atoms in total. The largest absolute Gasteiger partial charge is 0.491 e. The zero-order chi connectivity index (χ0) is 15.6. The Balaban J connectivity index is 1.89. The van der Waals surface area contributed by atoms with Crippen LogP contribution in [-0.4, -0.2) is 19.8 Å². The SMILES string of the molecule is CCOCCOc1ccc(Br)cc1CNNc1ccccc1. The molecule has 0 saturated heterocycles. The van der Waals surface area contributed by atoms with Gasteiger partial charge in [0.1, 0.15) is 12.4 Å². The number of hydrazine groups is 1. The van der Waals surface area contributed by atoms with Crippen molar-refractivity contribution in [3.05, 3.63) is 58.6 Å². The molecule has 2 N–H and O–H groups in total. The van der Waals surface area contributed by atoms with Crippen LogP contribution < -0.4 is 15.6 Å². The molecule has 22 heavy (non-hydrogen) atoms. The van der Waals surface area contributed by atoms with Gasteiger partial charge < -0.3 is 14.9 Å². The molecule has 118 valence electrons. The highest BCUT2D eigenvalue weighted by Crippen LogP contribution is 2.23. The minimum Gasteiger partial charge on any atom is -0.491 e. The summed E-state index contributed by atoms with van der Waals surface area (Å²) in [4.78, 5) is 0. The molecule has 0 unspecified atom stereocenters. The van der Waals surface area contributed by atoms with Crippen molar-refractivity contribution in [3.8, 4) is 5.75 Å². The van der Waals surface area contributed by atoms with Crippen molar-refractivity contribution < 1.29 is 9.47 Å². The summed E-state index contributed by atoms with van der Waals surface area (Å²) in [5, 5.41) is 0. The number of para-hydroxylation sites is 1. The van der Waals surface area contributed by atoms with E-state index in [2.05, 4.69) is 32.8 Å². The average molecular weight is 365 g/mol. The molecule has 0 saturated carbocycles. The summed E-state index contributed by atoms with van der Waals surface area (Å²) < 4.78 is 12.1. The summed E-state index contributed by atoms with van der Waals surface area (Å²) >= 11 is 3.50. The van der Waals surface area contributed by atoms with E-state index >= 15 is 0 Å². The number of ether oxygens (including phenoxy) is 2. The van der Waals surface area contributed by atoms with Crippen molar-refractivity contribution in [2.75, 3.05) is 25.2 Å². The number of hydrogen-bond acceptors (Lipinski definition) is 4. The van der Waals surface area contributed by atoms with E-state index in [4.69, 9.17) is 9.47 Å². The van der Waals surface area contributed by atoms with Crippen molar-refractivity contribution >= 4 is 21.6 Å². The van der Waals surface area contributed by atoms with Crippen LogP contribution in [0.2, 0.25) is 0 Å². The van der Waals surface area contributed by atoms with Crippen molar-refractivity contribution in [1.29, 1.82) is 0 Å². The van der Waals surface area contributed by atoms with E-state index in [-0.39, 0.29) is 0 Å². The fourth-order valence-corrected chi connectivity index (χ4v) is 2.35. The van der Waals surface area contributed by atoms with E-state index in [1.807, 2.05) is 49.4 Å². The molecule has 0 spiro atoms. The molecule has 0 heterocycles. The molecule has 2 aromatic carbocycles. The summed E-state index contributed by atoms with van der Waals surface area (Å²) in [5.41, 5.74) is 8.48. The Morgan fingerprint density at radius 3 is 2.64 bits per heavy atom. The fraction of sp³-hybridized carbons (Fsp3) is 0.294. The van der Waals surface area contributed by atoms with Crippen molar-refractivity contribution in [2.45, 2.75) is 13.5 Å². The fourth-order valence-electron chi connectivity index (χ4n) is 1.94. The second-order valence-electron chi connectivity index (χ2n) is 4.64. The van der Waals surface area contributed by atoms with Crippen LogP contribution in [0.15, 0.2) is 53.0 Å². The van der Waals surface area contributed by atoms with Crippen LogP contribution in [0.5, 0.6) is 5.75 Å². The zero-order valence-electron chi connectivity index (χ0n) is 12.6. The number of anilines is 1. The predicted octanol–water partition coefficient (Wildman–Crippen LogP) is 3.98. The first-order chi connectivity index (χ1) is 10.8. The van der Waals surface area contributed by atoms with Crippen LogP contribution in [0, 0.1) is 0 Å². The van der Waals surface area contributed by atoms with Crippen LogP contribution >= 0.6 is 15.9 Å². The molecule has 0 atom stereocenters. The summed E-state index contributed by atoms with van der Waals surface area (Å²) in [5.74, 6) is 0.866. The lowest BCUT2D eigenvalue weighted by atomic mass is 10.2. The monoisotopic (exact) mass is 364 g/mol. The lowest BCUT2D eigenvalue weighted by molar-refractivity contribution is 0.110. The molecule has 5 heteroatoms. The third-order valence-electron chi connectivity index (χ3n) is 3.00. The third-order valence-corrected chi connectivity index (χ3v) is 3.49. The Hall–Kier alpha value is -1.56. The molecule has 0 amide bonds. The van der Waals surface area contributed by atoms with Crippen molar-refractivity contribution in [2.24, 2.45) is 0 Å². The predicted molar refractivity (Wildman–Crippen MR) is 93.0 cm³/mol. The minimum atomic E-state index is 0.550. The molecule has 0 aromatic heterocycles. The number of benzene rings is 2. The molecule has 0 bridgehead atoms. The molecular weight excluding hydrogens is 344 g/mol. The van der Waals surface area contributed by atoms with Crippen molar-refractivity contribution in [1.82, 2.24) is 5.43 Å². The third kappa shape index (κ3) is 5.67. The van der Waals surface area contributed by atoms with E-state index in [1.54, 1.807) is 0 Å². The average Bonchev–Trinajstić information content (AvgIpc) is 2.54. The van der Waals surface area contributed by atoms with E-state index in [1.165, 1.54) is 0 Å². The maximum atomic E-state index is 5.78. The van der Waals surface area contributed by atoms with E-state index < -0.39 is 0 Å². The molecule has 0 aliphatic rings. The highest BCUT2D eigenvalue weighted by molar-refractivity contribution is 9.10. The van der Waals surface area contributed by atoms with Gasteiger partial charge in [-0.3, -0.25) is 0 Å². The topological polar surface area (TPSA) is 42.5 Å². The van der Waals surface area contributed by atoms with Crippen LogP contribution in [-0.2, 0) is 11.3 Å². The first-order valence-electron chi connectivity index (χ1n) is 7.32. The van der Waals surface area contributed by atoms with Gasteiger partial charge >= 0.3 is 0 Å². The Bertz CT molecular complexity index is 564. The zero-order valence-corrected chi connectivity index (χ0v) is 14.2. The van der Waals surface area contributed by atoms with Crippen LogP contribution in [0.3, 0.4) is 0 Å². The minimum absolute atomic E-state index is 0.550. The van der Waals surface area contributed by atoms with Crippen LogP contribution in [0.1, 0.15) is 12.5 Å². The summed E-state index contributed by atoms with van der Waals surface area (Å²) in [7, 11) is 0. The summed E-state index contributed by atoms with van der Waals surface area (Å²) in [6.07, 6.45) is 0. The van der Waals surface area contributed by atoms with Crippen LogP contribution in [0.4, 0.5) is 5.69 Å². The van der Waals surface area contributed by atoms with Gasteiger partial charge in [-0.1, -0.05) is 34.1 Å². The Morgan fingerprint density at radius 2 is 1.86 bits per heavy atom. The molecule has 0 aliphatic carbocycles. The first-order valence-corrected chi connectivity index (χ1v) is 8.12. The Labute approximate surface area is 139 Å². The van der Waals surface area contributed by atoms with Gasteiger partial charge in [-0.05, 0) is 37.3 Å². The smallest absolute Gasteiger partial charge is 0.124 e. The molecule has 0 aliphatic heterocycles. The molecule has 0 fully saturated rings. The Kier molecular flexibility index (Phi) is 7.22. The quantitative estimate of drug-likeness (QED) is 0.521. The number of rotatable bonds is 9. The lowest BCUT2D eigenvalue weighted by Gasteiger charge is -2.14. The lowest BCUT2D eigenvalue weighted by Crippen LogP contribution is -2.21. The van der Waals surface area contributed by atoms with Gasteiger partial charge in [0.25, 0.3) is 0 Å². The number of halogens is 1. The first kappa shape index (κ1) is 16.8. The standard InChI is InChI=1S/C17H21BrN2O2/c1-2-21-10-11-22-17-9-8-15(18)12-14(17)13-19-20-16-6-4-3-5-7-16/h3-9,12,19-20H,2,10-11,13H2,1H3. The van der Waals surface area contributed by atoms with Crippen molar-refractivity contribution in [3.63, 3.8) is 0 Å². The van der Waals surface area contributed by atoms with Gasteiger partial charge in [0, 0.05) is 28.9 Å². The van der Waals surface area contributed by atoms with Gasteiger partial charge in [0.2, 0.25) is 0 Å². The van der Waals surface area contributed by atoms with E-state index in [0.717, 1.165) is 21.5 Å². The van der Waals surface area contributed by atoms with Gasteiger partial charge in [0.05, 0.1) is 6.61 Å². The maximum Gasteiger partial charge on any atom is 0.124 e. The number of hydrogen-bond donors (Lipinski definition) is 2. The molecule has 2 aromatic rings. The van der Waals surface area contributed by atoms with Gasteiger partial charge in [-0.2, -0.15) is 0 Å². The second-order valence-corrected chi connectivity index (χ2v) is 5.56. The van der Waals surface area contributed by atoms with Gasteiger partial charge in [-0.25, -0.2) is 5.43 Å².